The molecule has 2 rings (SSSR count). The predicted octanol–water partition coefficient (Wildman–Crippen LogP) is 3.62. The van der Waals surface area contributed by atoms with Gasteiger partial charge in [0.25, 0.3) is 0 Å². The highest BCUT2D eigenvalue weighted by molar-refractivity contribution is 5.30. The van der Waals surface area contributed by atoms with E-state index in [-0.39, 0.29) is 5.82 Å². The maximum absolute atomic E-state index is 13.2. The number of aliphatic hydroxyl groups excluding tert-OH is 1. The third-order valence-electron chi connectivity index (χ3n) is 3.16. The van der Waals surface area contributed by atoms with E-state index in [4.69, 9.17) is 4.42 Å². The van der Waals surface area contributed by atoms with Gasteiger partial charge in [-0.2, -0.15) is 0 Å². The second kappa shape index (κ2) is 4.94. The van der Waals surface area contributed by atoms with Gasteiger partial charge in [-0.3, -0.25) is 0 Å². The van der Waals surface area contributed by atoms with Gasteiger partial charge in [0.2, 0.25) is 0 Å². The molecule has 0 spiro atoms. The van der Waals surface area contributed by atoms with Crippen molar-refractivity contribution in [3.8, 4) is 0 Å². The first-order chi connectivity index (χ1) is 8.47. The Morgan fingerprint density at radius 1 is 1.22 bits per heavy atom. The van der Waals surface area contributed by atoms with Crippen molar-refractivity contribution in [3.05, 3.63) is 58.3 Å². The summed E-state index contributed by atoms with van der Waals surface area (Å²) in [5, 5.41) is 10.2. The topological polar surface area (TPSA) is 33.4 Å². The molecule has 0 aliphatic heterocycles. The minimum atomic E-state index is -0.664. The number of rotatable bonds is 3. The van der Waals surface area contributed by atoms with Gasteiger partial charge in [-0.1, -0.05) is 6.07 Å². The summed E-state index contributed by atoms with van der Waals surface area (Å²) in [6.07, 6.45) is -0.272. The number of hydrogen-bond acceptors (Lipinski definition) is 2. The second-order valence-corrected chi connectivity index (χ2v) is 4.66. The van der Waals surface area contributed by atoms with E-state index in [0.29, 0.717) is 12.2 Å². The van der Waals surface area contributed by atoms with E-state index in [1.165, 1.54) is 12.1 Å². The van der Waals surface area contributed by atoms with Crippen LogP contribution in [0.1, 0.15) is 34.3 Å². The SMILES string of the molecule is Cc1cc(C(O)Cc2cc(F)ccc2C)c(C)o1. The zero-order chi connectivity index (χ0) is 13.3. The summed E-state index contributed by atoms with van der Waals surface area (Å²) in [5.41, 5.74) is 2.57. The quantitative estimate of drug-likeness (QED) is 0.900. The Bertz CT molecular complexity index is 558. The van der Waals surface area contributed by atoms with E-state index in [1.807, 2.05) is 26.8 Å². The Balaban J connectivity index is 2.23. The van der Waals surface area contributed by atoms with Crippen LogP contribution in [0.15, 0.2) is 28.7 Å². The van der Waals surface area contributed by atoms with E-state index >= 15 is 0 Å². The second-order valence-electron chi connectivity index (χ2n) is 4.66. The van der Waals surface area contributed by atoms with Crippen molar-refractivity contribution < 1.29 is 13.9 Å². The van der Waals surface area contributed by atoms with Crippen molar-refractivity contribution in [2.24, 2.45) is 0 Å². The lowest BCUT2D eigenvalue weighted by atomic mass is 9.98. The van der Waals surface area contributed by atoms with Crippen molar-refractivity contribution >= 4 is 0 Å². The average molecular weight is 248 g/mol. The van der Waals surface area contributed by atoms with Gasteiger partial charge in [-0.05, 0) is 50.1 Å². The maximum atomic E-state index is 13.2. The molecule has 0 radical (unpaired) electrons. The predicted molar refractivity (Wildman–Crippen MR) is 68.0 cm³/mol. The molecular weight excluding hydrogens is 231 g/mol. The van der Waals surface area contributed by atoms with Gasteiger partial charge < -0.3 is 9.52 Å². The number of aliphatic hydroxyl groups is 1. The average Bonchev–Trinajstić information content (AvgIpc) is 2.63. The van der Waals surface area contributed by atoms with Crippen LogP contribution in [-0.2, 0) is 6.42 Å². The lowest BCUT2D eigenvalue weighted by molar-refractivity contribution is 0.176. The molecule has 1 unspecified atom stereocenters. The van der Waals surface area contributed by atoms with E-state index in [2.05, 4.69) is 0 Å². The van der Waals surface area contributed by atoms with E-state index in [1.54, 1.807) is 6.07 Å². The molecule has 1 aromatic carbocycles. The van der Waals surface area contributed by atoms with Crippen LogP contribution in [0.5, 0.6) is 0 Å². The van der Waals surface area contributed by atoms with E-state index in [9.17, 15) is 9.50 Å². The van der Waals surface area contributed by atoms with Gasteiger partial charge in [0.05, 0.1) is 6.10 Å². The molecule has 2 nitrogen and oxygen atoms in total. The molecule has 1 aromatic heterocycles. The van der Waals surface area contributed by atoms with Crippen LogP contribution < -0.4 is 0 Å². The molecule has 96 valence electrons. The fraction of sp³-hybridized carbons (Fsp3) is 0.333. The molecule has 0 aliphatic carbocycles. The van der Waals surface area contributed by atoms with Gasteiger partial charge >= 0.3 is 0 Å². The molecule has 0 fully saturated rings. The molecule has 0 bridgehead atoms. The molecule has 2 aromatic rings. The van der Waals surface area contributed by atoms with Crippen LogP contribution in [0.4, 0.5) is 4.39 Å². The highest BCUT2D eigenvalue weighted by atomic mass is 19.1. The Morgan fingerprint density at radius 3 is 2.56 bits per heavy atom. The van der Waals surface area contributed by atoms with Crippen molar-refractivity contribution in [2.45, 2.75) is 33.3 Å². The first kappa shape index (κ1) is 12.8. The number of aryl methyl sites for hydroxylation is 3. The molecule has 0 amide bonds. The summed E-state index contributed by atoms with van der Waals surface area (Å²) >= 11 is 0. The lowest BCUT2D eigenvalue weighted by Gasteiger charge is -2.12. The third-order valence-corrected chi connectivity index (χ3v) is 3.16. The van der Waals surface area contributed by atoms with E-state index in [0.717, 1.165) is 22.5 Å². The monoisotopic (exact) mass is 248 g/mol. The van der Waals surface area contributed by atoms with E-state index < -0.39 is 6.10 Å². The highest BCUT2D eigenvalue weighted by Crippen LogP contribution is 2.25. The third kappa shape index (κ3) is 2.62. The van der Waals surface area contributed by atoms with Crippen LogP contribution in [0.25, 0.3) is 0 Å². The van der Waals surface area contributed by atoms with Crippen molar-refractivity contribution in [1.29, 1.82) is 0 Å². The Kier molecular flexibility index (Phi) is 3.53. The molecule has 18 heavy (non-hydrogen) atoms. The summed E-state index contributed by atoms with van der Waals surface area (Å²) in [5.74, 6) is 1.22. The number of benzene rings is 1. The highest BCUT2D eigenvalue weighted by Gasteiger charge is 2.16. The molecule has 0 aliphatic rings. The van der Waals surface area contributed by atoms with Crippen molar-refractivity contribution in [2.75, 3.05) is 0 Å². The number of furan rings is 1. The van der Waals surface area contributed by atoms with Crippen LogP contribution in [0.3, 0.4) is 0 Å². The minimum Gasteiger partial charge on any atom is -0.466 e. The van der Waals surface area contributed by atoms with Gasteiger partial charge in [0.15, 0.2) is 0 Å². The fourth-order valence-electron chi connectivity index (χ4n) is 2.16. The first-order valence-electron chi connectivity index (χ1n) is 5.97. The van der Waals surface area contributed by atoms with Crippen molar-refractivity contribution in [3.63, 3.8) is 0 Å². The maximum Gasteiger partial charge on any atom is 0.123 e. The van der Waals surface area contributed by atoms with Crippen LogP contribution in [-0.4, -0.2) is 5.11 Å². The Morgan fingerprint density at radius 2 is 1.94 bits per heavy atom. The van der Waals surface area contributed by atoms with Crippen LogP contribution in [0, 0.1) is 26.6 Å². The zero-order valence-corrected chi connectivity index (χ0v) is 10.8. The van der Waals surface area contributed by atoms with Crippen LogP contribution >= 0.6 is 0 Å². The molecule has 1 N–H and O–H groups in total. The normalized spacial score (nSPS) is 12.7. The number of halogens is 1. The summed E-state index contributed by atoms with van der Waals surface area (Å²) in [6, 6.07) is 6.46. The van der Waals surface area contributed by atoms with Crippen LogP contribution in [0.2, 0.25) is 0 Å². The zero-order valence-electron chi connectivity index (χ0n) is 10.8. The molecule has 3 heteroatoms. The standard InChI is InChI=1S/C15H17FO2/c1-9-4-5-13(16)7-12(9)8-15(17)14-6-10(2)18-11(14)3/h4-7,15,17H,8H2,1-3H3. The molecule has 1 heterocycles. The van der Waals surface area contributed by atoms with Gasteiger partial charge in [0.1, 0.15) is 17.3 Å². The van der Waals surface area contributed by atoms with Gasteiger partial charge in [0, 0.05) is 12.0 Å². The molecule has 0 saturated carbocycles. The molecule has 1 atom stereocenters. The number of hydrogen-bond donors (Lipinski definition) is 1. The summed E-state index contributed by atoms with van der Waals surface area (Å²) in [4.78, 5) is 0. The smallest absolute Gasteiger partial charge is 0.123 e. The minimum absolute atomic E-state index is 0.275. The van der Waals surface area contributed by atoms with Gasteiger partial charge in [-0.25, -0.2) is 4.39 Å². The lowest BCUT2D eigenvalue weighted by Crippen LogP contribution is -2.04. The summed E-state index contributed by atoms with van der Waals surface area (Å²) in [7, 11) is 0. The summed E-state index contributed by atoms with van der Waals surface area (Å²) in [6.45, 7) is 5.58. The molecular formula is C15H17FO2. The first-order valence-corrected chi connectivity index (χ1v) is 5.97. The summed E-state index contributed by atoms with van der Waals surface area (Å²) < 4.78 is 18.6. The fourth-order valence-corrected chi connectivity index (χ4v) is 2.16. The van der Waals surface area contributed by atoms with Crippen molar-refractivity contribution in [1.82, 2.24) is 0 Å². The molecule has 0 saturated heterocycles. The largest absolute Gasteiger partial charge is 0.466 e. The Hall–Kier alpha value is -1.61. The Labute approximate surface area is 106 Å². The van der Waals surface area contributed by atoms with Gasteiger partial charge in [-0.15, -0.1) is 0 Å².